The molecule has 0 saturated carbocycles. The molecule has 2 rings (SSSR count). The van der Waals surface area contributed by atoms with Gasteiger partial charge in [-0.15, -0.1) is 5.10 Å². The molecule has 0 atom stereocenters. The highest BCUT2D eigenvalue weighted by Gasteiger charge is 2.11. The number of carboxylic acid groups (broad SMARTS) is 1. The van der Waals surface area contributed by atoms with Crippen LogP contribution >= 0.6 is 27.5 Å². The molecule has 1 N–H and O–H groups in total. The van der Waals surface area contributed by atoms with Crippen molar-refractivity contribution in [1.82, 2.24) is 15.0 Å². The number of hydrogen-bond acceptors (Lipinski definition) is 3. The molecule has 0 saturated heterocycles. The van der Waals surface area contributed by atoms with Gasteiger partial charge in [-0.25, -0.2) is 9.48 Å². The lowest BCUT2D eigenvalue weighted by atomic mass is 10.3. The maximum Gasteiger partial charge on any atom is 0.358 e. The Balaban J connectivity index is 2.46. The molecule has 0 aliphatic rings. The molecular weight excluding hydrogens is 297 g/mol. The monoisotopic (exact) mass is 301 g/mol. The molecule has 7 heteroatoms. The molecule has 0 bridgehead atoms. The first-order valence-electron chi connectivity index (χ1n) is 4.19. The Morgan fingerprint density at radius 1 is 1.50 bits per heavy atom. The lowest BCUT2D eigenvalue weighted by Gasteiger charge is -2.02. The van der Waals surface area contributed by atoms with Crippen LogP contribution in [0.25, 0.3) is 5.69 Å². The smallest absolute Gasteiger partial charge is 0.358 e. The molecule has 0 radical (unpaired) electrons. The van der Waals surface area contributed by atoms with Gasteiger partial charge in [-0.3, -0.25) is 0 Å². The number of halogens is 2. The Bertz CT molecular complexity index is 555. The first kappa shape index (κ1) is 11.1. The maximum atomic E-state index is 10.6. The molecular formula is C9H5BrClN3O2. The lowest BCUT2D eigenvalue weighted by molar-refractivity contribution is 0.0690. The van der Waals surface area contributed by atoms with Crippen molar-refractivity contribution < 1.29 is 9.90 Å². The molecule has 82 valence electrons. The fraction of sp³-hybridized carbons (Fsp3) is 0. The van der Waals surface area contributed by atoms with E-state index in [4.69, 9.17) is 16.7 Å². The van der Waals surface area contributed by atoms with Gasteiger partial charge in [-0.2, -0.15) is 0 Å². The van der Waals surface area contributed by atoms with Crippen LogP contribution in [-0.4, -0.2) is 26.1 Å². The van der Waals surface area contributed by atoms with Gasteiger partial charge in [-0.05, 0) is 18.2 Å². The van der Waals surface area contributed by atoms with Crippen LogP contribution in [0.15, 0.2) is 28.9 Å². The molecule has 0 unspecified atom stereocenters. The van der Waals surface area contributed by atoms with E-state index in [0.717, 1.165) is 4.47 Å². The van der Waals surface area contributed by atoms with Crippen LogP contribution in [-0.2, 0) is 0 Å². The Morgan fingerprint density at radius 3 is 2.81 bits per heavy atom. The van der Waals surface area contributed by atoms with E-state index < -0.39 is 5.97 Å². The van der Waals surface area contributed by atoms with Crippen LogP contribution < -0.4 is 0 Å². The first-order chi connectivity index (χ1) is 7.58. The molecule has 0 fully saturated rings. The Morgan fingerprint density at radius 2 is 2.25 bits per heavy atom. The Hall–Kier alpha value is -1.40. The topological polar surface area (TPSA) is 68.0 Å². The number of nitrogens with zero attached hydrogens (tertiary/aromatic N) is 3. The number of rotatable bonds is 2. The minimum Gasteiger partial charge on any atom is -0.476 e. The Labute approximate surface area is 104 Å². The third kappa shape index (κ3) is 2.07. The van der Waals surface area contributed by atoms with E-state index in [0.29, 0.717) is 10.7 Å². The number of benzene rings is 1. The van der Waals surface area contributed by atoms with Crippen LogP contribution in [0.3, 0.4) is 0 Å². The van der Waals surface area contributed by atoms with Gasteiger partial charge in [0.15, 0.2) is 5.69 Å². The first-order valence-corrected chi connectivity index (χ1v) is 5.36. The van der Waals surface area contributed by atoms with Crippen molar-refractivity contribution in [2.24, 2.45) is 0 Å². The second-order valence-corrected chi connectivity index (χ2v) is 4.27. The maximum absolute atomic E-state index is 10.6. The van der Waals surface area contributed by atoms with Gasteiger partial charge in [-0.1, -0.05) is 32.7 Å². The predicted octanol–water partition coefficient (Wildman–Crippen LogP) is 2.38. The lowest BCUT2D eigenvalue weighted by Crippen LogP contribution is -1.96. The molecule has 0 spiro atoms. The molecule has 0 aliphatic heterocycles. The standard InChI is InChI=1S/C9H5BrClN3O2/c10-5-1-2-8(6(11)3-5)14-4-7(9(15)16)12-13-14/h1-4H,(H,15,16). The summed E-state index contributed by atoms with van der Waals surface area (Å²) >= 11 is 9.26. The van der Waals surface area contributed by atoms with Crippen molar-refractivity contribution in [1.29, 1.82) is 0 Å². The fourth-order valence-corrected chi connectivity index (χ4v) is 1.91. The third-order valence-electron chi connectivity index (χ3n) is 1.87. The molecule has 0 aliphatic carbocycles. The zero-order valence-electron chi connectivity index (χ0n) is 7.76. The largest absolute Gasteiger partial charge is 0.476 e. The molecule has 0 amide bonds. The zero-order valence-corrected chi connectivity index (χ0v) is 10.1. The van der Waals surface area contributed by atoms with Gasteiger partial charge in [0.2, 0.25) is 0 Å². The zero-order chi connectivity index (χ0) is 11.7. The highest BCUT2D eigenvalue weighted by atomic mass is 79.9. The van der Waals surface area contributed by atoms with Crippen LogP contribution in [0.1, 0.15) is 10.5 Å². The van der Waals surface area contributed by atoms with Gasteiger partial charge in [0.25, 0.3) is 0 Å². The summed E-state index contributed by atoms with van der Waals surface area (Å²) < 4.78 is 2.15. The summed E-state index contributed by atoms with van der Waals surface area (Å²) in [7, 11) is 0. The molecule has 1 heterocycles. The summed E-state index contributed by atoms with van der Waals surface area (Å²) in [5, 5.41) is 16.3. The van der Waals surface area contributed by atoms with Crippen molar-refractivity contribution in [3.8, 4) is 5.69 Å². The molecule has 1 aromatic heterocycles. The van der Waals surface area contributed by atoms with Crippen molar-refractivity contribution >= 4 is 33.5 Å². The number of carbonyl (C=O) groups is 1. The SMILES string of the molecule is O=C(O)c1cn(-c2ccc(Br)cc2Cl)nn1. The van der Waals surface area contributed by atoms with Crippen molar-refractivity contribution in [3.05, 3.63) is 39.6 Å². The van der Waals surface area contributed by atoms with Crippen molar-refractivity contribution in [2.45, 2.75) is 0 Å². The minimum atomic E-state index is -1.13. The summed E-state index contributed by atoms with van der Waals surface area (Å²) in [6.07, 6.45) is 1.30. The van der Waals surface area contributed by atoms with Crippen molar-refractivity contribution in [3.63, 3.8) is 0 Å². The Kier molecular flexibility index (Phi) is 2.93. The fourth-order valence-electron chi connectivity index (χ4n) is 1.15. The van der Waals surface area contributed by atoms with Crippen LogP contribution in [0.2, 0.25) is 5.02 Å². The normalized spacial score (nSPS) is 10.4. The molecule has 1 aromatic carbocycles. The van der Waals surface area contributed by atoms with Gasteiger partial charge < -0.3 is 5.11 Å². The minimum absolute atomic E-state index is 0.126. The summed E-state index contributed by atoms with van der Waals surface area (Å²) in [6, 6.07) is 5.19. The number of aromatic carboxylic acids is 1. The summed E-state index contributed by atoms with van der Waals surface area (Å²) in [6.45, 7) is 0. The molecule has 16 heavy (non-hydrogen) atoms. The van der Waals surface area contributed by atoms with Gasteiger partial charge >= 0.3 is 5.97 Å². The van der Waals surface area contributed by atoms with Gasteiger partial charge in [0.05, 0.1) is 16.9 Å². The van der Waals surface area contributed by atoms with E-state index in [1.54, 1.807) is 18.2 Å². The van der Waals surface area contributed by atoms with Crippen molar-refractivity contribution in [2.75, 3.05) is 0 Å². The average molecular weight is 303 g/mol. The van der Waals surface area contributed by atoms with Crippen LogP contribution in [0.5, 0.6) is 0 Å². The number of aromatic nitrogens is 3. The van der Waals surface area contributed by atoms with Crippen LogP contribution in [0.4, 0.5) is 0 Å². The number of carboxylic acids is 1. The van der Waals surface area contributed by atoms with E-state index in [9.17, 15) is 4.79 Å². The quantitative estimate of drug-likeness (QED) is 0.925. The summed E-state index contributed by atoms with van der Waals surface area (Å²) in [4.78, 5) is 10.6. The predicted molar refractivity (Wildman–Crippen MR) is 61.0 cm³/mol. The van der Waals surface area contributed by atoms with Crippen LogP contribution in [0, 0.1) is 0 Å². The van der Waals surface area contributed by atoms with E-state index in [-0.39, 0.29) is 5.69 Å². The number of hydrogen-bond donors (Lipinski definition) is 1. The highest BCUT2D eigenvalue weighted by molar-refractivity contribution is 9.10. The molecule has 5 nitrogen and oxygen atoms in total. The average Bonchev–Trinajstić information content (AvgIpc) is 2.66. The third-order valence-corrected chi connectivity index (χ3v) is 2.67. The summed E-state index contributed by atoms with van der Waals surface area (Å²) in [5.74, 6) is -1.13. The van der Waals surface area contributed by atoms with E-state index >= 15 is 0 Å². The van der Waals surface area contributed by atoms with E-state index in [2.05, 4.69) is 26.2 Å². The molecule has 2 aromatic rings. The van der Waals surface area contributed by atoms with E-state index in [1.165, 1.54) is 10.9 Å². The van der Waals surface area contributed by atoms with E-state index in [1.807, 2.05) is 0 Å². The second kappa shape index (κ2) is 4.23. The highest BCUT2D eigenvalue weighted by Crippen LogP contribution is 2.23. The second-order valence-electron chi connectivity index (χ2n) is 2.95. The summed E-state index contributed by atoms with van der Waals surface area (Å²) in [5.41, 5.74) is 0.448. The van der Waals surface area contributed by atoms with Gasteiger partial charge in [0, 0.05) is 4.47 Å². The van der Waals surface area contributed by atoms with Gasteiger partial charge in [0.1, 0.15) is 0 Å².